The quantitative estimate of drug-likeness (QED) is 0.589. The standard InChI is InChI=1S/C7H7FO2/c1-5-2-3-7(10-5)6(8)4-9/h2-4,6H,1H3. The number of rotatable bonds is 2. The lowest BCUT2D eigenvalue weighted by Gasteiger charge is -1.91. The number of hydrogen-bond acceptors (Lipinski definition) is 2. The maximum absolute atomic E-state index is 12.4. The van der Waals surface area contributed by atoms with Gasteiger partial charge in [0, 0.05) is 0 Å². The van der Waals surface area contributed by atoms with E-state index < -0.39 is 6.17 Å². The Morgan fingerprint density at radius 3 is 2.80 bits per heavy atom. The first-order valence-corrected chi connectivity index (χ1v) is 2.89. The van der Waals surface area contributed by atoms with Gasteiger partial charge in [0.25, 0.3) is 0 Å². The van der Waals surface area contributed by atoms with E-state index in [1.807, 2.05) is 0 Å². The zero-order valence-corrected chi connectivity index (χ0v) is 5.50. The van der Waals surface area contributed by atoms with Crippen molar-refractivity contribution in [2.24, 2.45) is 0 Å². The molecular formula is C7H7FO2. The molecule has 0 aliphatic carbocycles. The molecule has 0 aliphatic rings. The Morgan fingerprint density at radius 1 is 1.70 bits per heavy atom. The second-order valence-corrected chi connectivity index (χ2v) is 1.99. The fourth-order valence-corrected chi connectivity index (χ4v) is 0.669. The van der Waals surface area contributed by atoms with Crippen LogP contribution < -0.4 is 0 Å². The smallest absolute Gasteiger partial charge is 0.212 e. The SMILES string of the molecule is Cc1ccc(C(F)C=O)o1. The highest BCUT2D eigenvalue weighted by molar-refractivity contribution is 5.57. The average molecular weight is 142 g/mol. The van der Waals surface area contributed by atoms with Gasteiger partial charge in [-0.2, -0.15) is 0 Å². The van der Waals surface area contributed by atoms with E-state index in [2.05, 4.69) is 0 Å². The van der Waals surface area contributed by atoms with Crippen LogP contribution in [0.4, 0.5) is 4.39 Å². The molecule has 0 saturated heterocycles. The Balaban J connectivity index is 2.84. The number of furan rings is 1. The topological polar surface area (TPSA) is 30.2 Å². The number of aldehydes is 1. The van der Waals surface area contributed by atoms with Crippen LogP contribution in [0.3, 0.4) is 0 Å². The molecule has 10 heavy (non-hydrogen) atoms. The summed E-state index contributed by atoms with van der Waals surface area (Å²) in [4.78, 5) is 9.88. The maximum Gasteiger partial charge on any atom is 0.212 e. The fourth-order valence-electron chi connectivity index (χ4n) is 0.669. The minimum atomic E-state index is -1.62. The molecule has 2 nitrogen and oxygen atoms in total. The van der Waals surface area contributed by atoms with Crippen LogP contribution in [0, 0.1) is 6.92 Å². The van der Waals surface area contributed by atoms with E-state index in [1.165, 1.54) is 6.07 Å². The van der Waals surface area contributed by atoms with Gasteiger partial charge in [-0.3, -0.25) is 4.79 Å². The lowest BCUT2D eigenvalue weighted by molar-refractivity contribution is -0.112. The second kappa shape index (κ2) is 2.64. The van der Waals surface area contributed by atoms with Crippen LogP contribution in [-0.2, 0) is 4.79 Å². The number of carbonyl (C=O) groups excluding carboxylic acids is 1. The van der Waals surface area contributed by atoms with Crippen molar-refractivity contribution in [3.63, 3.8) is 0 Å². The summed E-state index contributed by atoms with van der Waals surface area (Å²) in [5.74, 6) is 0.687. The van der Waals surface area contributed by atoms with Crippen LogP contribution in [0.1, 0.15) is 17.7 Å². The molecule has 0 bridgehead atoms. The molecule has 1 aromatic heterocycles. The zero-order valence-electron chi connectivity index (χ0n) is 5.50. The molecule has 0 amide bonds. The molecular weight excluding hydrogens is 135 g/mol. The van der Waals surface area contributed by atoms with E-state index in [0.717, 1.165) is 0 Å². The molecule has 1 atom stereocenters. The molecule has 3 heteroatoms. The van der Waals surface area contributed by atoms with Gasteiger partial charge in [0.05, 0.1) is 0 Å². The molecule has 0 fully saturated rings. The lowest BCUT2D eigenvalue weighted by Crippen LogP contribution is -1.88. The van der Waals surface area contributed by atoms with E-state index in [-0.39, 0.29) is 12.0 Å². The molecule has 0 radical (unpaired) electrons. The van der Waals surface area contributed by atoms with Crippen molar-refractivity contribution in [1.29, 1.82) is 0 Å². The molecule has 1 unspecified atom stereocenters. The molecule has 0 aromatic carbocycles. The summed E-state index contributed by atoms with van der Waals surface area (Å²) < 4.78 is 17.2. The van der Waals surface area contributed by atoms with Crippen LogP contribution in [0.2, 0.25) is 0 Å². The number of alkyl halides is 1. The van der Waals surface area contributed by atoms with Crippen LogP contribution in [0.15, 0.2) is 16.5 Å². The van der Waals surface area contributed by atoms with E-state index >= 15 is 0 Å². The first-order valence-electron chi connectivity index (χ1n) is 2.89. The number of aryl methyl sites for hydroxylation is 1. The molecule has 1 aromatic rings. The second-order valence-electron chi connectivity index (χ2n) is 1.99. The summed E-state index contributed by atoms with van der Waals surface area (Å²) in [7, 11) is 0. The van der Waals surface area contributed by atoms with E-state index in [4.69, 9.17) is 4.42 Å². The van der Waals surface area contributed by atoms with Gasteiger partial charge in [-0.1, -0.05) is 0 Å². The Labute approximate surface area is 57.6 Å². The Kier molecular flexibility index (Phi) is 1.85. The van der Waals surface area contributed by atoms with E-state index in [1.54, 1.807) is 13.0 Å². The van der Waals surface area contributed by atoms with E-state index in [0.29, 0.717) is 5.76 Å². The van der Waals surface area contributed by atoms with Crippen LogP contribution in [0.25, 0.3) is 0 Å². The molecule has 0 N–H and O–H groups in total. The Hall–Kier alpha value is -1.12. The number of carbonyl (C=O) groups is 1. The zero-order chi connectivity index (χ0) is 7.56. The van der Waals surface area contributed by atoms with E-state index in [9.17, 15) is 9.18 Å². The van der Waals surface area contributed by atoms with Crippen molar-refractivity contribution in [1.82, 2.24) is 0 Å². The van der Waals surface area contributed by atoms with Crippen molar-refractivity contribution in [2.45, 2.75) is 13.1 Å². The fraction of sp³-hybridized carbons (Fsp3) is 0.286. The summed E-state index contributed by atoms with van der Waals surface area (Å²) in [5, 5.41) is 0. The summed E-state index contributed by atoms with van der Waals surface area (Å²) in [6.07, 6.45) is -1.41. The third kappa shape index (κ3) is 1.23. The normalized spacial score (nSPS) is 13.0. The molecule has 0 aliphatic heterocycles. The number of halogens is 1. The Morgan fingerprint density at radius 2 is 2.40 bits per heavy atom. The van der Waals surface area contributed by atoms with Gasteiger partial charge in [0.15, 0.2) is 6.29 Å². The van der Waals surface area contributed by atoms with Crippen LogP contribution in [-0.4, -0.2) is 6.29 Å². The molecule has 1 rings (SSSR count). The summed E-state index contributed by atoms with van der Waals surface area (Å²) in [6, 6.07) is 3.07. The first-order chi connectivity index (χ1) is 4.74. The van der Waals surface area contributed by atoms with Crippen molar-refractivity contribution in [2.75, 3.05) is 0 Å². The lowest BCUT2D eigenvalue weighted by atomic mass is 10.3. The van der Waals surface area contributed by atoms with Crippen molar-refractivity contribution >= 4 is 6.29 Å². The summed E-state index contributed by atoms with van der Waals surface area (Å²) in [5.41, 5.74) is 0. The molecule has 0 spiro atoms. The van der Waals surface area contributed by atoms with Gasteiger partial charge < -0.3 is 4.42 Å². The highest BCUT2D eigenvalue weighted by atomic mass is 19.1. The largest absolute Gasteiger partial charge is 0.463 e. The first kappa shape index (κ1) is 6.99. The maximum atomic E-state index is 12.4. The van der Waals surface area contributed by atoms with Gasteiger partial charge in [0.2, 0.25) is 6.17 Å². The van der Waals surface area contributed by atoms with Crippen LogP contribution >= 0.6 is 0 Å². The highest BCUT2D eigenvalue weighted by Gasteiger charge is 2.10. The molecule has 1 heterocycles. The van der Waals surface area contributed by atoms with Crippen molar-refractivity contribution < 1.29 is 13.6 Å². The Bertz CT molecular complexity index is 229. The highest BCUT2D eigenvalue weighted by Crippen LogP contribution is 2.16. The van der Waals surface area contributed by atoms with Gasteiger partial charge in [0.1, 0.15) is 11.5 Å². The van der Waals surface area contributed by atoms with Crippen molar-refractivity contribution in [3.05, 3.63) is 23.7 Å². The summed E-state index contributed by atoms with van der Waals surface area (Å²) >= 11 is 0. The van der Waals surface area contributed by atoms with Crippen LogP contribution in [0.5, 0.6) is 0 Å². The van der Waals surface area contributed by atoms with Gasteiger partial charge in [-0.15, -0.1) is 0 Å². The average Bonchev–Trinajstić information content (AvgIpc) is 2.34. The minimum absolute atomic E-state index is 0.0764. The van der Waals surface area contributed by atoms with Gasteiger partial charge >= 0.3 is 0 Å². The third-order valence-electron chi connectivity index (χ3n) is 1.15. The third-order valence-corrected chi connectivity index (χ3v) is 1.15. The predicted molar refractivity (Wildman–Crippen MR) is 33.4 cm³/mol. The predicted octanol–water partition coefficient (Wildman–Crippen LogP) is 1.80. The molecule has 54 valence electrons. The van der Waals surface area contributed by atoms with Gasteiger partial charge in [-0.25, -0.2) is 4.39 Å². The monoisotopic (exact) mass is 142 g/mol. The van der Waals surface area contributed by atoms with Crippen molar-refractivity contribution in [3.8, 4) is 0 Å². The minimum Gasteiger partial charge on any atom is -0.463 e. The molecule has 0 saturated carbocycles. The van der Waals surface area contributed by atoms with Gasteiger partial charge in [-0.05, 0) is 19.1 Å². The summed E-state index contributed by atoms with van der Waals surface area (Å²) in [6.45, 7) is 1.70. The number of hydrogen-bond donors (Lipinski definition) is 0.